The maximum absolute atomic E-state index is 13.4. The van der Waals surface area contributed by atoms with Crippen LogP contribution >= 0.6 is 0 Å². The smallest absolute Gasteiger partial charge is 0.184 e. The number of nitrogens with one attached hydrogen (secondary N) is 1. The van der Waals surface area contributed by atoms with Gasteiger partial charge in [-0.2, -0.15) is 0 Å². The Morgan fingerprint density at radius 1 is 1.00 bits per heavy atom. The van der Waals surface area contributed by atoms with Gasteiger partial charge in [-0.05, 0) is 54.8 Å². The minimum Gasteiger partial charge on any atom is -0.497 e. The molecule has 3 rings (SSSR count). The van der Waals surface area contributed by atoms with Gasteiger partial charge in [0, 0.05) is 12.6 Å². The van der Waals surface area contributed by atoms with Crippen molar-refractivity contribution in [1.82, 2.24) is 5.32 Å². The van der Waals surface area contributed by atoms with Crippen LogP contribution in [0.5, 0.6) is 11.5 Å². The van der Waals surface area contributed by atoms with Crippen LogP contribution in [0.25, 0.3) is 0 Å². The average Bonchev–Trinajstić information content (AvgIpc) is 3.03. The highest BCUT2D eigenvalue weighted by atomic mass is 32.2. The molecule has 9 heteroatoms. The lowest BCUT2D eigenvalue weighted by Crippen LogP contribution is -2.43. The van der Waals surface area contributed by atoms with E-state index in [9.17, 15) is 16.8 Å². The fourth-order valence-electron chi connectivity index (χ4n) is 3.76. The number of hydrogen-bond acceptors (Lipinski definition) is 7. The molecule has 2 aromatic carbocycles. The Morgan fingerprint density at radius 2 is 1.67 bits per heavy atom. The van der Waals surface area contributed by atoms with Crippen molar-refractivity contribution in [2.45, 2.75) is 36.6 Å². The molecule has 2 atom stereocenters. The van der Waals surface area contributed by atoms with Crippen LogP contribution in [0, 0.1) is 13.8 Å². The lowest BCUT2D eigenvalue weighted by Gasteiger charge is -2.22. The van der Waals surface area contributed by atoms with Crippen molar-refractivity contribution >= 4 is 19.7 Å². The summed E-state index contributed by atoms with van der Waals surface area (Å²) in [5.74, 6) is 0.717. The van der Waals surface area contributed by atoms with Gasteiger partial charge in [0.2, 0.25) is 0 Å². The molecule has 7 nitrogen and oxygen atoms in total. The Morgan fingerprint density at radius 3 is 2.27 bits per heavy atom. The van der Waals surface area contributed by atoms with Crippen LogP contribution in [0.1, 0.15) is 16.7 Å². The molecule has 0 radical (unpaired) electrons. The first kappa shape index (κ1) is 22.6. The molecule has 0 spiro atoms. The lowest BCUT2D eigenvalue weighted by atomic mass is 10.1. The second-order valence-corrected chi connectivity index (χ2v) is 11.9. The maximum atomic E-state index is 13.4. The van der Waals surface area contributed by atoms with Gasteiger partial charge in [0.25, 0.3) is 0 Å². The zero-order valence-electron chi connectivity index (χ0n) is 17.5. The average molecular weight is 454 g/mol. The van der Waals surface area contributed by atoms with E-state index >= 15 is 0 Å². The van der Waals surface area contributed by atoms with Crippen molar-refractivity contribution in [2.75, 3.05) is 25.7 Å². The Labute approximate surface area is 178 Å². The van der Waals surface area contributed by atoms with E-state index in [0.29, 0.717) is 29.2 Å². The van der Waals surface area contributed by atoms with Gasteiger partial charge in [0.15, 0.2) is 19.7 Å². The van der Waals surface area contributed by atoms with Crippen LogP contribution in [0.2, 0.25) is 0 Å². The van der Waals surface area contributed by atoms with Crippen LogP contribution < -0.4 is 14.8 Å². The lowest BCUT2D eigenvalue weighted by molar-refractivity contribution is 0.411. The van der Waals surface area contributed by atoms with Gasteiger partial charge >= 0.3 is 0 Å². The fourth-order valence-corrected chi connectivity index (χ4v) is 8.78. The monoisotopic (exact) mass is 453 g/mol. The van der Waals surface area contributed by atoms with Crippen LogP contribution in [-0.4, -0.2) is 53.9 Å². The molecule has 1 aliphatic heterocycles. The van der Waals surface area contributed by atoms with Gasteiger partial charge < -0.3 is 14.8 Å². The molecule has 0 aromatic heterocycles. The Hall–Kier alpha value is -2.10. The number of methoxy groups -OCH3 is 2. The highest BCUT2D eigenvalue weighted by molar-refractivity contribution is 7.96. The molecule has 1 saturated heterocycles. The topological polar surface area (TPSA) is 98.8 Å². The molecule has 0 bridgehead atoms. The van der Waals surface area contributed by atoms with Crippen molar-refractivity contribution in [3.63, 3.8) is 0 Å². The largest absolute Gasteiger partial charge is 0.497 e. The molecule has 0 saturated carbocycles. The van der Waals surface area contributed by atoms with E-state index in [1.165, 1.54) is 7.11 Å². The molecule has 30 heavy (non-hydrogen) atoms. The highest BCUT2D eigenvalue weighted by Crippen LogP contribution is 2.32. The summed E-state index contributed by atoms with van der Waals surface area (Å²) in [6, 6.07) is 9.87. The first-order valence-electron chi connectivity index (χ1n) is 9.53. The summed E-state index contributed by atoms with van der Waals surface area (Å²) in [6.45, 7) is 3.82. The molecular weight excluding hydrogens is 426 g/mol. The van der Waals surface area contributed by atoms with E-state index in [0.717, 1.165) is 5.56 Å². The van der Waals surface area contributed by atoms with Crippen LogP contribution in [0.4, 0.5) is 0 Å². The number of sulfone groups is 2. The van der Waals surface area contributed by atoms with Crippen molar-refractivity contribution in [3.8, 4) is 11.5 Å². The summed E-state index contributed by atoms with van der Waals surface area (Å²) in [6.07, 6.45) is 0. The second-order valence-electron chi connectivity index (χ2n) is 7.58. The van der Waals surface area contributed by atoms with E-state index in [2.05, 4.69) is 5.32 Å². The maximum Gasteiger partial charge on any atom is 0.184 e. The molecule has 0 aliphatic carbocycles. The first-order chi connectivity index (χ1) is 14.1. The van der Waals surface area contributed by atoms with E-state index in [-0.39, 0.29) is 16.4 Å². The van der Waals surface area contributed by atoms with Crippen LogP contribution in [0.15, 0.2) is 41.3 Å². The van der Waals surface area contributed by atoms with E-state index < -0.39 is 31.0 Å². The Kier molecular flexibility index (Phi) is 6.45. The fraction of sp³-hybridized carbons (Fsp3) is 0.429. The summed E-state index contributed by atoms with van der Waals surface area (Å²) < 4.78 is 61.9. The summed E-state index contributed by atoms with van der Waals surface area (Å²) in [4.78, 5) is 0.152. The van der Waals surface area contributed by atoms with Crippen molar-refractivity contribution in [3.05, 3.63) is 53.1 Å². The van der Waals surface area contributed by atoms with Gasteiger partial charge in [0.1, 0.15) is 11.5 Å². The third kappa shape index (κ3) is 4.63. The third-order valence-corrected chi connectivity index (χ3v) is 9.72. The van der Waals surface area contributed by atoms with Gasteiger partial charge in [-0.3, -0.25) is 0 Å². The zero-order chi connectivity index (χ0) is 22.1. The molecule has 164 valence electrons. The van der Waals surface area contributed by atoms with Gasteiger partial charge in [-0.1, -0.05) is 12.1 Å². The molecule has 1 aliphatic rings. The predicted molar refractivity (Wildman–Crippen MR) is 116 cm³/mol. The Balaban J connectivity index is 1.88. The molecule has 2 aromatic rings. The number of hydrogen-bond donors (Lipinski definition) is 1. The predicted octanol–water partition coefficient (Wildman–Crippen LogP) is 2.05. The Bertz CT molecular complexity index is 1120. The molecule has 0 amide bonds. The first-order valence-corrected chi connectivity index (χ1v) is 12.9. The minimum absolute atomic E-state index is 0.152. The van der Waals surface area contributed by atoms with Crippen molar-refractivity contribution in [2.24, 2.45) is 0 Å². The highest BCUT2D eigenvalue weighted by Gasteiger charge is 2.46. The number of ether oxygens (including phenoxy) is 2. The van der Waals surface area contributed by atoms with Crippen molar-refractivity contribution in [1.29, 1.82) is 0 Å². The molecule has 1 N–H and O–H groups in total. The minimum atomic E-state index is -3.87. The molecule has 1 heterocycles. The van der Waals surface area contributed by atoms with Gasteiger partial charge in [-0.25, -0.2) is 16.8 Å². The van der Waals surface area contributed by atoms with Crippen LogP contribution in [-0.2, 0) is 26.2 Å². The number of rotatable bonds is 7. The normalized spacial score (nSPS) is 20.8. The summed E-state index contributed by atoms with van der Waals surface area (Å²) >= 11 is 0. The number of aryl methyl sites for hydroxylation is 2. The quantitative estimate of drug-likeness (QED) is 0.685. The van der Waals surface area contributed by atoms with Crippen LogP contribution in [0.3, 0.4) is 0 Å². The third-order valence-electron chi connectivity index (χ3n) is 5.43. The SMILES string of the molecule is COc1ccc(CN[C@H]2CS(=O)(=O)C[C@@H]2S(=O)(=O)c2cc(C)c(OC)cc2C)cc1. The summed E-state index contributed by atoms with van der Waals surface area (Å²) in [7, 11) is -4.24. The summed E-state index contributed by atoms with van der Waals surface area (Å²) in [5, 5.41) is 2.10. The summed E-state index contributed by atoms with van der Waals surface area (Å²) in [5.41, 5.74) is 2.13. The molecule has 1 fully saturated rings. The van der Waals surface area contributed by atoms with E-state index in [4.69, 9.17) is 9.47 Å². The second kappa shape index (κ2) is 8.56. The number of benzene rings is 2. The van der Waals surface area contributed by atoms with Crippen molar-refractivity contribution < 1.29 is 26.3 Å². The standard InChI is InChI=1S/C21H27NO6S2/c1-14-10-20(15(2)9-19(14)28-4)30(25,26)21-13-29(23,24)12-18(21)22-11-16-5-7-17(27-3)8-6-16/h5-10,18,21-22H,11-13H2,1-4H3/t18-,21-/m0/s1. The van der Waals surface area contributed by atoms with Gasteiger partial charge in [-0.15, -0.1) is 0 Å². The molecule has 0 unspecified atom stereocenters. The zero-order valence-corrected chi connectivity index (χ0v) is 19.1. The van der Waals surface area contributed by atoms with E-state index in [1.54, 1.807) is 45.2 Å². The van der Waals surface area contributed by atoms with Gasteiger partial charge in [0.05, 0.1) is 35.9 Å². The van der Waals surface area contributed by atoms with E-state index in [1.807, 2.05) is 12.1 Å². The molecular formula is C21H27NO6S2.